The molecule has 2 aliphatic heterocycles. The fraction of sp³-hybridized carbons (Fsp3) is 0.625. The number of rotatable bonds is 4. The predicted molar refractivity (Wildman–Crippen MR) is 86.0 cm³/mol. The Hall–Kier alpha value is -0.950. The van der Waals surface area contributed by atoms with Gasteiger partial charge in [0.05, 0.1) is 11.4 Å². The van der Waals surface area contributed by atoms with E-state index in [1.54, 1.807) is 6.92 Å². The van der Waals surface area contributed by atoms with Gasteiger partial charge in [0.2, 0.25) is 10.0 Å². The van der Waals surface area contributed by atoms with Crippen LogP contribution in [0.1, 0.15) is 24.5 Å². The number of sulfonamides is 1. The fourth-order valence-corrected chi connectivity index (χ4v) is 4.65. The smallest absolute Gasteiger partial charge is 0.213 e. The van der Waals surface area contributed by atoms with Crippen LogP contribution in [-0.2, 0) is 23.0 Å². The molecule has 0 bridgehead atoms. The summed E-state index contributed by atoms with van der Waals surface area (Å²) in [6.45, 7) is 4.59. The Bertz CT molecular complexity index is 647. The molecule has 1 aromatic carbocycles. The standard InChI is InChI=1S/C16H24N2O3S/c1-2-22(20,21)18-10-8-16(19,13-18)12-17-9-7-14-5-3-4-6-15(14)11-17/h3-6,19H,2,7-13H2,1H3. The highest BCUT2D eigenvalue weighted by Crippen LogP contribution is 2.27. The van der Waals surface area contributed by atoms with Crippen molar-refractivity contribution in [3.8, 4) is 0 Å². The Labute approximate surface area is 132 Å². The molecule has 122 valence electrons. The largest absolute Gasteiger partial charge is 0.387 e. The van der Waals surface area contributed by atoms with Gasteiger partial charge in [0.1, 0.15) is 0 Å². The molecule has 5 nitrogen and oxygen atoms in total. The predicted octanol–water partition coefficient (Wildman–Crippen LogP) is 0.831. The van der Waals surface area contributed by atoms with Gasteiger partial charge in [-0.25, -0.2) is 8.42 Å². The van der Waals surface area contributed by atoms with Crippen molar-refractivity contribution in [2.45, 2.75) is 31.9 Å². The fourth-order valence-electron chi connectivity index (χ4n) is 3.47. The van der Waals surface area contributed by atoms with Crippen molar-refractivity contribution in [1.82, 2.24) is 9.21 Å². The molecule has 1 atom stereocenters. The third-order valence-electron chi connectivity index (χ3n) is 4.78. The number of nitrogens with zero attached hydrogens (tertiary/aromatic N) is 2. The molecule has 0 aliphatic carbocycles. The van der Waals surface area contributed by atoms with Gasteiger partial charge in [-0.15, -0.1) is 0 Å². The summed E-state index contributed by atoms with van der Waals surface area (Å²) in [4.78, 5) is 2.24. The Balaban J connectivity index is 1.65. The molecule has 1 aromatic rings. The molecular formula is C16H24N2O3S. The average molecular weight is 324 g/mol. The Kier molecular flexibility index (Phi) is 4.29. The first-order valence-electron chi connectivity index (χ1n) is 7.91. The van der Waals surface area contributed by atoms with Gasteiger partial charge in [0.25, 0.3) is 0 Å². The molecule has 0 aromatic heterocycles. The van der Waals surface area contributed by atoms with E-state index in [1.807, 2.05) is 6.07 Å². The number of hydrogen-bond donors (Lipinski definition) is 1. The topological polar surface area (TPSA) is 60.9 Å². The quantitative estimate of drug-likeness (QED) is 0.891. The summed E-state index contributed by atoms with van der Waals surface area (Å²) in [6.07, 6.45) is 1.51. The van der Waals surface area contributed by atoms with Gasteiger partial charge in [-0.3, -0.25) is 4.90 Å². The molecule has 6 heteroatoms. The number of β-amino-alcohol motifs (C(OH)–C–C–N with tert-alkyl or cyclic N) is 1. The monoisotopic (exact) mass is 324 g/mol. The molecule has 22 heavy (non-hydrogen) atoms. The molecule has 1 saturated heterocycles. The van der Waals surface area contributed by atoms with Gasteiger partial charge in [-0.05, 0) is 30.9 Å². The average Bonchev–Trinajstić information content (AvgIpc) is 2.90. The molecule has 2 heterocycles. The summed E-state index contributed by atoms with van der Waals surface area (Å²) in [5, 5.41) is 10.8. The summed E-state index contributed by atoms with van der Waals surface area (Å²) in [7, 11) is -3.20. The second-order valence-corrected chi connectivity index (χ2v) is 8.70. The number of hydrogen-bond acceptors (Lipinski definition) is 4. The van der Waals surface area contributed by atoms with E-state index >= 15 is 0 Å². The number of benzene rings is 1. The van der Waals surface area contributed by atoms with Crippen LogP contribution in [0.5, 0.6) is 0 Å². The van der Waals surface area contributed by atoms with E-state index < -0.39 is 15.6 Å². The maximum Gasteiger partial charge on any atom is 0.213 e. The van der Waals surface area contributed by atoms with E-state index in [1.165, 1.54) is 15.4 Å². The molecule has 0 spiro atoms. The van der Waals surface area contributed by atoms with Crippen molar-refractivity contribution in [3.05, 3.63) is 35.4 Å². The van der Waals surface area contributed by atoms with Crippen molar-refractivity contribution in [1.29, 1.82) is 0 Å². The minimum Gasteiger partial charge on any atom is -0.387 e. The molecule has 1 fully saturated rings. The second-order valence-electron chi connectivity index (χ2n) is 6.44. The van der Waals surface area contributed by atoms with Crippen molar-refractivity contribution >= 4 is 10.0 Å². The summed E-state index contributed by atoms with van der Waals surface area (Å²) in [5.74, 6) is 0.0974. The van der Waals surface area contributed by atoms with Crippen LogP contribution in [0.25, 0.3) is 0 Å². The Morgan fingerprint density at radius 3 is 2.68 bits per heavy atom. The van der Waals surface area contributed by atoms with E-state index in [2.05, 4.69) is 23.1 Å². The first kappa shape index (κ1) is 15.9. The first-order valence-corrected chi connectivity index (χ1v) is 9.52. The van der Waals surface area contributed by atoms with Crippen LogP contribution in [0.15, 0.2) is 24.3 Å². The SMILES string of the molecule is CCS(=O)(=O)N1CCC(O)(CN2CCc3ccccc3C2)C1. The lowest BCUT2D eigenvalue weighted by atomic mass is 9.97. The van der Waals surface area contributed by atoms with E-state index in [0.717, 1.165) is 19.5 Å². The summed E-state index contributed by atoms with van der Waals surface area (Å²) < 4.78 is 25.3. The normalized spacial score (nSPS) is 27.0. The van der Waals surface area contributed by atoms with E-state index in [-0.39, 0.29) is 12.3 Å². The molecule has 3 rings (SSSR count). The van der Waals surface area contributed by atoms with Crippen LogP contribution in [0.2, 0.25) is 0 Å². The highest BCUT2D eigenvalue weighted by Gasteiger charge is 2.41. The van der Waals surface area contributed by atoms with Crippen LogP contribution in [0.3, 0.4) is 0 Å². The van der Waals surface area contributed by atoms with Crippen LogP contribution >= 0.6 is 0 Å². The summed E-state index contributed by atoms with van der Waals surface area (Å²) in [6, 6.07) is 8.40. The van der Waals surface area contributed by atoms with Crippen molar-refractivity contribution in [2.75, 3.05) is 31.9 Å². The van der Waals surface area contributed by atoms with Crippen molar-refractivity contribution < 1.29 is 13.5 Å². The lowest BCUT2D eigenvalue weighted by Gasteiger charge is -2.34. The Morgan fingerprint density at radius 2 is 1.95 bits per heavy atom. The third kappa shape index (κ3) is 3.20. The maximum atomic E-state index is 11.9. The zero-order valence-corrected chi connectivity index (χ0v) is 13.8. The van der Waals surface area contributed by atoms with E-state index in [4.69, 9.17) is 0 Å². The number of aliphatic hydroxyl groups is 1. The molecule has 1 unspecified atom stereocenters. The minimum absolute atomic E-state index is 0.0974. The first-order chi connectivity index (χ1) is 10.4. The van der Waals surface area contributed by atoms with Gasteiger partial charge in [-0.2, -0.15) is 4.31 Å². The van der Waals surface area contributed by atoms with Gasteiger partial charge in [0.15, 0.2) is 0 Å². The van der Waals surface area contributed by atoms with Gasteiger partial charge in [-0.1, -0.05) is 24.3 Å². The minimum atomic E-state index is -3.20. The Morgan fingerprint density at radius 1 is 1.23 bits per heavy atom. The highest BCUT2D eigenvalue weighted by molar-refractivity contribution is 7.89. The third-order valence-corrected chi connectivity index (χ3v) is 6.61. The van der Waals surface area contributed by atoms with Crippen LogP contribution < -0.4 is 0 Å². The van der Waals surface area contributed by atoms with Crippen LogP contribution in [-0.4, -0.2) is 60.3 Å². The molecule has 1 N–H and O–H groups in total. The lowest BCUT2D eigenvalue weighted by Crippen LogP contribution is -2.47. The molecule has 0 radical (unpaired) electrons. The van der Waals surface area contributed by atoms with E-state index in [9.17, 15) is 13.5 Å². The zero-order valence-electron chi connectivity index (χ0n) is 13.0. The highest BCUT2D eigenvalue weighted by atomic mass is 32.2. The van der Waals surface area contributed by atoms with E-state index in [0.29, 0.717) is 19.5 Å². The summed E-state index contributed by atoms with van der Waals surface area (Å²) in [5.41, 5.74) is 1.77. The van der Waals surface area contributed by atoms with Crippen molar-refractivity contribution in [3.63, 3.8) is 0 Å². The molecule has 0 saturated carbocycles. The van der Waals surface area contributed by atoms with Gasteiger partial charge < -0.3 is 5.11 Å². The molecular weight excluding hydrogens is 300 g/mol. The van der Waals surface area contributed by atoms with Gasteiger partial charge >= 0.3 is 0 Å². The van der Waals surface area contributed by atoms with Crippen molar-refractivity contribution in [2.24, 2.45) is 0 Å². The second kappa shape index (κ2) is 5.92. The van der Waals surface area contributed by atoms with Gasteiger partial charge in [0, 0.05) is 32.7 Å². The van der Waals surface area contributed by atoms with Crippen LogP contribution in [0, 0.1) is 0 Å². The summed E-state index contributed by atoms with van der Waals surface area (Å²) >= 11 is 0. The van der Waals surface area contributed by atoms with Crippen LogP contribution in [0.4, 0.5) is 0 Å². The zero-order chi connectivity index (χ0) is 15.8. The molecule has 0 amide bonds. The number of fused-ring (bicyclic) bond motifs is 1. The lowest BCUT2D eigenvalue weighted by molar-refractivity contribution is 0.0127. The maximum absolute atomic E-state index is 11.9. The molecule has 2 aliphatic rings.